The molecule has 3 heteroatoms. The van der Waals surface area contributed by atoms with E-state index in [1.165, 1.54) is 6.42 Å². The van der Waals surface area contributed by atoms with Gasteiger partial charge in [0.05, 0.1) is 6.17 Å². The van der Waals surface area contributed by atoms with Gasteiger partial charge in [0, 0.05) is 13.1 Å². The monoisotopic (exact) mass is 129 g/mol. The molecule has 1 atom stereocenters. The summed E-state index contributed by atoms with van der Waals surface area (Å²) < 4.78 is 0. The number of hydrazine groups is 1. The molecule has 54 valence electrons. The Morgan fingerprint density at radius 3 is 3.00 bits per heavy atom. The quantitative estimate of drug-likeness (QED) is 0.546. The normalized spacial score (nSPS) is 24.7. The number of rotatable bonds is 2. The zero-order valence-corrected chi connectivity index (χ0v) is 5.93. The zero-order valence-electron chi connectivity index (χ0n) is 5.93. The van der Waals surface area contributed by atoms with Crippen LogP contribution in [-0.2, 0) is 0 Å². The van der Waals surface area contributed by atoms with Gasteiger partial charge in [-0.2, -0.15) is 0 Å². The van der Waals surface area contributed by atoms with E-state index < -0.39 is 0 Å². The van der Waals surface area contributed by atoms with Gasteiger partial charge >= 0.3 is 0 Å². The summed E-state index contributed by atoms with van der Waals surface area (Å²) in [6, 6.07) is 0. The van der Waals surface area contributed by atoms with Crippen LogP contribution >= 0.6 is 0 Å². The number of nitrogens with two attached hydrogens (primary N) is 1. The first kappa shape index (κ1) is 6.99. The van der Waals surface area contributed by atoms with Gasteiger partial charge in [0.15, 0.2) is 0 Å². The van der Waals surface area contributed by atoms with Crippen molar-refractivity contribution in [2.24, 2.45) is 5.73 Å². The predicted octanol–water partition coefficient (Wildman–Crippen LogP) is -0.108. The van der Waals surface area contributed by atoms with E-state index in [4.69, 9.17) is 5.73 Å². The fourth-order valence-corrected chi connectivity index (χ4v) is 1.05. The Kier molecular flexibility index (Phi) is 2.45. The maximum atomic E-state index is 5.74. The van der Waals surface area contributed by atoms with Gasteiger partial charge in [-0.25, -0.2) is 5.01 Å². The zero-order chi connectivity index (χ0) is 6.69. The molecule has 3 N–H and O–H groups in total. The van der Waals surface area contributed by atoms with E-state index in [-0.39, 0.29) is 6.17 Å². The van der Waals surface area contributed by atoms with Gasteiger partial charge in [0.25, 0.3) is 0 Å². The second-order valence-corrected chi connectivity index (χ2v) is 2.43. The summed E-state index contributed by atoms with van der Waals surface area (Å²) in [5, 5.41) is 2.11. The van der Waals surface area contributed by atoms with E-state index in [0.717, 1.165) is 19.5 Å². The maximum Gasteiger partial charge on any atom is 0.0705 e. The average Bonchev–Trinajstić information content (AvgIpc) is 2.37. The minimum Gasteiger partial charge on any atom is -0.315 e. The van der Waals surface area contributed by atoms with Crippen LogP contribution in [0.4, 0.5) is 0 Å². The number of hydrogen-bond donors (Lipinski definition) is 2. The highest BCUT2D eigenvalue weighted by Gasteiger charge is 2.15. The van der Waals surface area contributed by atoms with Crippen molar-refractivity contribution < 1.29 is 0 Å². The van der Waals surface area contributed by atoms with Crippen LogP contribution in [0.2, 0.25) is 0 Å². The van der Waals surface area contributed by atoms with Crippen LogP contribution in [0.5, 0.6) is 0 Å². The van der Waals surface area contributed by atoms with E-state index in [1.54, 1.807) is 0 Å². The molecule has 0 aromatic heterocycles. The first-order chi connectivity index (χ1) is 4.34. The molecule has 1 rings (SSSR count). The standard InChI is InChI=1S/C6H15N3/c1-2-6(7)9-5-3-4-8-9/h6,8H,2-5,7H2,1H3. The van der Waals surface area contributed by atoms with Crippen LogP contribution in [0.15, 0.2) is 0 Å². The summed E-state index contributed by atoms with van der Waals surface area (Å²) in [5.41, 5.74) is 8.96. The van der Waals surface area contributed by atoms with Crippen LogP contribution < -0.4 is 11.2 Å². The smallest absolute Gasteiger partial charge is 0.0705 e. The molecule has 0 amide bonds. The molecule has 9 heavy (non-hydrogen) atoms. The first-order valence-electron chi connectivity index (χ1n) is 3.60. The fraction of sp³-hybridized carbons (Fsp3) is 1.00. The maximum absolute atomic E-state index is 5.74. The van der Waals surface area contributed by atoms with Crippen molar-refractivity contribution in [2.45, 2.75) is 25.9 Å². The lowest BCUT2D eigenvalue weighted by Gasteiger charge is -2.21. The molecule has 0 spiro atoms. The van der Waals surface area contributed by atoms with Crippen molar-refractivity contribution in [3.63, 3.8) is 0 Å². The molecule has 1 aliphatic rings. The molecule has 0 radical (unpaired) electrons. The fourth-order valence-electron chi connectivity index (χ4n) is 1.05. The van der Waals surface area contributed by atoms with Crippen molar-refractivity contribution >= 4 is 0 Å². The van der Waals surface area contributed by atoms with E-state index >= 15 is 0 Å². The van der Waals surface area contributed by atoms with Gasteiger partial charge in [0.1, 0.15) is 0 Å². The third-order valence-corrected chi connectivity index (χ3v) is 1.71. The molecule has 1 fully saturated rings. The van der Waals surface area contributed by atoms with Crippen LogP contribution in [0.3, 0.4) is 0 Å². The Morgan fingerprint density at radius 2 is 2.56 bits per heavy atom. The lowest BCUT2D eigenvalue weighted by atomic mass is 10.4. The summed E-state index contributed by atoms with van der Waals surface area (Å²) in [6.07, 6.45) is 2.47. The predicted molar refractivity (Wildman–Crippen MR) is 37.6 cm³/mol. The van der Waals surface area contributed by atoms with E-state index in [1.807, 2.05) is 0 Å². The van der Waals surface area contributed by atoms with Gasteiger partial charge in [0.2, 0.25) is 0 Å². The molecule has 1 unspecified atom stereocenters. The number of hydrogen-bond acceptors (Lipinski definition) is 3. The number of nitrogens with one attached hydrogen (secondary N) is 1. The Labute approximate surface area is 56.2 Å². The van der Waals surface area contributed by atoms with Crippen LogP contribution in [0.25, 0.3) is 0 Å². The SMILES string of the molecule is CCC(N)N1CCCN1. The van der Waals surface area contributed by atoms with Gasteiger partial charge in [-0.1, -0.05) is 6.92 Å². The highest BCUT2D eigenvalue weighted by Crippen LogP contribution is 2.00. The summed E-state index contributed by atoms with van der Waals surface area (Å²) in [5.74, 6) is 0. The molecular formula is C6H15N3. The first-order valence-corrected chi connectivity index (χ1v) is 3.60. The van der Waals surface area contributed by atoms with Gasteiger partial charge in [-0.05, 0) is 12.8 Å². The van der Waals surface area contributed by atoms with Crippen molar-refractivity contribution in [3.05, 3.63) is 0 Å². The summed E-state index contributed by atoms with van der Waals surface area (Å²) in [6.45, 7) is 4.30. The minimum atomic E-state index is 0.215. The van der Waals surface area contributed by atoms with E-state index in [2.05, 4.69) is 17.4 Å². The highest BCUT2D eigenvalue weighted by atomic mass is 15.6. The molecule has 0 aromatic rings. The molecule has 0 bridgehead atoms. The summed E-state index contributed by atoms with van der Waals surface area (Å²) in [7, 11) is 0. The Balaban J connectivity index is 2.24. The van der Waals surface area contributed by atoms with Crippen LogP contribution in [-0.4, -0.2) is 24.3 Å². The van der Waals surface area contributed by atoms with Crippen molar-refractivity contribution in [1.82, 2.24) is 10.4 Å². The lowest BCUT2D eigenvalue weighted by molar-refractivity contribution is 0.174. The topological polar surface area (TPSA) is 41.3 Å². The molecule has 3 nitrogen and oxygen atoms in total. The molecular weight excluding hydrogens is 114 g/mol. The Bertz CT molecular complexity index is 78.4. The molecule has 0 aliphatic carbocycles. The number of nitrogens with zero attached hydrogens (tertiary/aromatic N) is 1. The third-order valence-electron chi connectivity index (χ3n) is 1.71. The summed E-state index contributed by atoms with van der Waals surface area (Å²) in [4.78, 5) is 0. The molecule has 0 aromatic carbocycles. The lowest BCUT2D eigenvalue weighted by Crippen LogP contribution is -2.45. The Morgan fingerprint density at radius 1 is 1.78 bits per heavy atom. The molecule has 1 saturated heterocycles. The largest absolute Gasteiger partial charge is 0.315 e. The second-order valence-electron chi connectivity index (χ2n) is 2.43. The molecule has 1 heterocycles. The van der Waals surface area contributed by atoms with Crippen molar-refractivity contribution in [2.75, 3.05) is 13.1 Å². The van der Waals surface area contributed by atoms with E-state index in [9.17, 15) is 0 Å². The second kappa shape index (κ2) is 3.15. The Hall–Kier alpha value is -0.120. The van der Waals surface area contributed by atoms with Gasteiger partial charge in [-0.3, -0.25) is 5.43 Å². The van der Waals surface area contributed by atoms with Crippen LogP contribution in [0.1, 0.15) is 19.8 Å². The summed E-state index contributed by atoms with van der Waals surface area (Å²) >= 11 is 0. The molecule has 1 aliphatic heterocycles. The van der Waals surface area contributed by atoms with Crippen LogP contribution in [0, 0.1) is 0 Å². The minimum absolute atomic E-state index is 0.215. The average molecular weight is 129 g/mol. The third kappa shape index (κ3) is 1.64. The highest BCUT2D eigenvalue weighted by molar-refractivity contribution is 4.66. The van der Waals surface area contributed by atoms with Crippen molar-refractivity contribution in [1.29, 1.82) is 0 Å². The molecule has 0 saturated carbocycles. The van der Waals surface area contributed by atoms with E-state index in [0.29, 0.717) is 0 Å². The van der Waals surface area contributed by atoms with Gasteiger partial charge < -0.3 is 5.73 Å². The van der Waals surface area contributed by atoms with Crippen molar-refractivity contribution in [3.8, 4) is 0 Å². The van der Waals surface area contributed by atoms with Gasteiger partial charge in [-0.15, -0.1) is 0 Å².